The summed E-state index contributed by atoms with van der Waals surface area (Å²) in [7, 11) is 0. The van der Waals surface area contributed by atoms with E-state index in [1.54, 1.807) is 0 Å². The van der Waals surface area contributed by atoms with Gasteiger partial charge in [-0.15, -0.1) is 0 Å². The van der Waals surface area contributed by atoms with Crippen molar-refractivity contribution >= 4 is 17.5 Å². The van der Waals surface area contributed by atoms with Crippen molar-refractivity contribution in [3.05, 3.63) is 34.9 Å². The van der Waals surface area contributed by atoms with Crippen LogP contribution < -0.4 is 11.1 Å². The zero-order valence-electron chi connectivity index (χ0n) is 10.3. The SMILES string of the molecule is CC(C)(CN)C(=O)NCCc1ccc(Cl)cc1. The van der Waals surface area contributed by atoms with Crippen LogP contribution in [0.4, 0.5) is 0 Å². The van der Waals surface area contributed by atoms with Gasteiger partial charge in [0.15, 0.2) is 0 Å². The predicted octanol–water partition coefficient (Wildman–Crippen LogP) is 1.98. The molecule has 0 saturated heterocycles. The zero-order chi connectivity index (χ0) is 12.9. The summed E-state index contributed by atoms with van der Waals surface area (Å²) in [6.07, 6.45) is 0.795. The highest BCUT2D eigenvalue weighted by molar-refractivity contribution is 6.30. The summed E-state index contributed by atoms with van der Waals surface area (Å²) in [5.74, 6) is -0.00559. The number of hydrogen-bond donors (Lipinski definition) is 2. The number of carbonyl (C=O) groups is 1. The quantitative estimate of drug-likeness (QED) is 0.844. The molecule has 0 saturated carbocycles. The van der Waals surface area contributed by atoms with Gasteiger partial charge in [-0.3, -0.25) is 4.79 Å². The lowest BCUT2D eigenvalue weighted by atomic mass is 9.92. The second-order valence-electron chi connectivity index (χ2n) is 4.72. The molecule has 0 heterocycles. The molecule has 0 unspecified atom stereocenters. The maximum absolute atomic E-state index is 11.7. The van der Waals surface area contributed by atoms with Gasteiger partial charge >= 0.3 is 0 Å². The molecule has 0 aliphatic heterocycles. The average Bonchev–Trinajstić information content (AvgIpc) is 2.31. The second kappa shape index (κ2) is 6.03. The van der Waals surface area contributed by atoms with Crippen LogP contribution in [0.2, 0.25) is 5.02 Å². The lowest BCUT2D eigenvalue weighted by molar-refractivity contribution is -0.128. The van der Waals surface area contributed by atoms with Gasteiger partial charge in [0.2, 0.25) is 5.91 Å². The fourth-order valence-corrected chi connectivity index (χ4v) is 1.43. The van der Waals surface area contributed by atoms with E-state index in [2.05, 4.69) is 5.32 Å². The van der Waals surface area contributed by atoms with Gasteiger partial charge in [-0.1, -0.05) is 23.7 Å². The summed E-state index contributed by atoms with van der Waals surface area (Å²) >= 11 is 5.79. The molecule has 17 heavy (non-hydrogen) atoms. The van der Waals surface area contributed by atoms with E-state index in [0.717, 1.165) is 17.0 Å². The molecule has 3 nitrogen and oxygen atoms in total. The van der Waals surface area contributed by atoms with Crippen LogP contribution >= 0.6 is 11.6 Å². The topological polar surface area (TPSA) is 55.1 Å². The van der Waals surface area contributed by atoms with Crippen molar-refractivity contribution in [3.63, 3.8) is 0 Å². The highest BCUT2D eigenvalue weighted by Crippen LogP contribution is 2.12. The number of benzene rings is 1. The van der Waals surface area contributed by atoms with Gasteiger partial charge in [0, 0.05) is 18.1 Å². The summed E-state index contributed by atoms with van der Waals surface area (Å²) in [5, 5.41) is 3.61. The lowest BCUT2D eigenvalue weighted by Gasteiger charge is -2.21. The van der Waals surface area contributed by atoms with E-state index in [4.69, 9.17) is 17.3 Å². The molecule has 0 atom stereocenters. The highest BCUT2D eigenvalue weighted by Gasteiger charge is 2.24. The largest absolute Gasteiger partial charge is 0.355 e. The third kappa shape index (κ3) is 4.36. The number of rotatable bonds is 5. The van der Waals surface area contributed by atoms with Crippen molar-refractivity contribution < 1.29 is 4.79 Å². The van der Waals surface area contributed by atoms with Crippen LogP contribution in [0.5, 0.6) is 0 Å². The minimum Gasteiger partial charge on any atom is -0.355 e. The maximum Gasteiger partial charge on any atom is 0.226 e. The van der Waals surface area contributed by atoms with Crippen LogP contribution in [0.3, 0.4) is 0 Å². The average molecular weight is 255 g/mol. The Balaban J connectivity index is 2.38. The van der Waals surface area contributed by atoms with E-state index in [1.807, 2.05) is 38.1 Å². The van der Waals surface area contributed by atoms with E-state index in [9.17, 15) is 4.79 Å². The summed E-state index contributed by atoms with van der Waals surface area (Å²) in [6, 6.07) is 7.62. The first-order valence-corrected chi connectivity index (χ1v) is 6.06. The minimum absolute atomic E-state index is 0.00559. The Morgan fingerprint density at radius 2 is 1.94 bits per heavy atom. The number of hydrogen-bond acceptors (Lipinski definition) is 2. The maximum atomic E-state index is 11.7. The van der Waals surface area contributed by atoms with Crippen LogP contribution in [-0.2, 0) is 11.2 Å². The van der Waals surface area contributed by atoms with Crippen LogP contribution in [-0.4, -0.2) is 19.0 Å². The van der Waals surface area contributed by atoms with Crippen molar-refractivity contribution in [1.29, 1.82) is 0 Å². The molecule has 94 valence electrons. The summed E-state index contributed by atoms with van der Waals surface area (Å²) in [4.78, 5) is 11.7. The van der Waals surface area contributed by atoms with E-state index < -0.39 is 5.41 Å². The van der Waals surface area contributed by atoms with E-state index in [0.29, 0.717) is 13.1 Å². The summed E-state index contributed by atoms with van der Waals surface area (Å²) < 4.78 is 0. The van der Waals surface area contributed by atoms with Crippen molar-refractivity contribution in [3.8, 4) is 0 Å². The Hall–Kier alpha value is -1.06. The number of carbonyl (C=O) groups excluding carboxylic acids is 1. The van der Waals surface area contributed by atoms with Gasteiger partial charge in [-0.25, -0.2) is 0 Å². The molecule has 1 aromatic carbocycles. The zero-order valence-corrected chi connectivity index (χ0v) is 11.1. The number of nitrogens with one attached hydrogen (secondary N) is 1. The fourth-order valence-electron chi connectivity index (χ4n) is 1.30. The Bertz CT molecular complexity index is 374. The monoisotopic (exact) mass is 254 g/mol. The molecule has 0 fully saturated rings. The molecule has 3 N–H and O–H groups in total. The Labute approximate surface area is 107 Å². The third-order valence-corrected chi connectivity index (χ3v) is 2.99. The molecule has 0 bridgehead atoms. The Kier molecular flexibility index (Phi) is 4.97. The van der Waals surface area contributed by atoms with Crippen LogP contribution in [0.1, 0.15) is 19.4 Å². The molecule has 4 heteroatoms. The number of nitrogens with two attached hydrogens (primary N) is 1. The Morgan fingerprint density at radius 1 is 1.35 bits per heavy atom. The van der Waals surface area contributed by atoms with Crippen LogP contribution in [0, 0.1) is 5.41 Å². The number of amides is 1. The molecule has 0 aromatic heterocycles. The molecule has 0 radical (unpaired) electrons. The molecular weight excluding hydrogens is 236 g/mol. The lowest BCUT2D eigenvalue weighted by Crippen LogP contribution is -2.42. The highest BCUT2D eigenvalue weighted by atomic mass is 35.5. The molecule has 0 aliphatic rings. The first-order valence-electron chi connectivity index (χ1n) is 5.68. The van der Waals surface area contributed by atoms with Gasteiger partial charge in [-0.05, 0) is 38.0 Å². The Morgan fingerprint density at radius 3 is 2.47 bits per heavy atom. The normalized spacial score (nSPS) is 11.3. The molecular formula is C13H19ClN2O. The molecule has 1 amide bonds. The fraction of sp³-hybridized carbons (Fsp3) is 0.462. The molecule has 1 aromatic rings. The first kappa shape index (κ1) is 14.0. The van der Waals surface area contributed by atoms with Crippen molar-refractivity contribution in [2.75, 3.05) is 13.1 Å². The molecule has 0 aliphatic carbocycles. The van der Waals surface area contributed by atoms with E-state index in [-0.39, 0.29) is 5.91 Å². The predicted molar refractivity (Wildman–Crippen MR) is 71.0 cm³/mol. The van der Waals surface area contributed by atoms with Gasteiger partial charge in [0.25, 0.3) is 0 Å². The van der Waals surface area contributed by atoms with E-state index in [1.165, 1.54) is 0 Å². The summed E-state index contributed by atoms with van der Waals surface area (Å²) in [6.45, 7) is 4.64. The smallest absolute Gasteiger partial charge is 0.226 e. The van der Waals surface area contributed by atoms with Crippen molar-refractivity contribution in [2.45, 2.75) is 20.3 Å². The second-order valence-corrected chi connectivity index (χ2v) is 5.16. The first-order chi connectivity index (χ1) is 7.95. The number of halogens is 1. The molecule has 0 spiro atoms. The van der Waals surface area contributed by atoms with Crippen LogP contribution in [0.25, 0.3) is 0 Å². The minimum atomic E-state index is -0.500. The van der Waals surface area contributed by atoms with Crippen molar-refractivity contribution in [2.24, 2.45) is 11.1 Å². The van der Waals surface area contributed by atoms with E-state index >= 15 is 0 Å². The van der Waals surface area contributed by atoms with Gasteiger partial charge < -0.3 is 11.1 Å². The summed E-state index contributed by atoms with van der Waals surface area (Å²) in [5.41, 5.74) is 6.18. The molecule has 1 rings (SSSR count). The van der Waals surface area contributed by atoms with Gasteiger partial charge in [-0.2, -0.15) is 0 Å². The third-order valence-electron chi connectivity index (χ3n) is 2.74. The standard InChI is InChI=1S/C13H19ClN2O/c1-13(2,9-15)12(17)16-8-7-10-3-5-11(14)6-4-10/h3-6H,7-9,15H2,1-2H3,(H,16,17). The van der Waals surface area contributed by atoms with Gasteiger partial charge in [0.05, 0.1) is 5.41 Å². The van der Waals surface area contributed by atoms with Crippen molar-refractivity contribution in [1.82, 2.24) is 5.32 Å². The van der Waals surface area contributed by atoms with Gasteiger partial charge in [0.1, 0.15) is 0 Å². The van der Waals surface area contributed by atoms with Crippen LogP contribution in [0.15, 0.2) is 24.3 Å².